The molecule has 3 N–H and O–H groups in total. The van der Waals surface area contributed by atoms with Crippen LogP contribution in [0.25, 0.3) is 0 Å². The van der Waals surface area contributed by atoms with Crippen LogP contribution in [0, 0.1) is 5.92 Å². The Balaban J connectivity index is 2.13. The molecule has 0 aliphatic carbocycles. The fourth-order valence-electron chi connectivity index (χ4n) is 1.95. The van der Waals surface area contributed by atoms with E-state index in [9.17, 15) is 4.79 Å². The minimum Gasteiger partial charge on any atom is -0.381 e. The highest BCUT2D eigenvalue weighted by Crippen LogP contribution is 2.15. The number of likely N-dealkylation sites (N-methyl/N-ethyl adjacent to an activating group) is 1. The first-order valence-corrected chi connectivity index (χ1v) is 5.95. The van der Waals surface area contributed by atoms with Gasteiger partial charge < -0.3 is 15.8 Å². The van der Waals surface area contributed by atoms with E-state index in [4.69, 9.17) is 10.5 Å². The van der Waals surface area contributed by atoms with E-state index < -0.39 is 0 Å². The lowest BCUT2D eigenvalue weighted by atomic mass is 10.00. The number of nitrogens with zero attached hydrogens (tertiary/aromatic N) is 1. The summed E-state index contributed by atoms with van der Waals surface area (Å²) in [6.45, 7) is 4.20. The molecule has 0 saturated carbocycles. The van der Waals surface area contributed by atoms with Gasteiger partial charge in [0.1, 0.15) is 0 Å². The van der Waals surface area contributed by atoms with Crippen LogP contribution in [-0.4, -0.2) is 57.2 Å². The molecule has 1 amide bonds. The number of rotatable bonds is 6. The number of nitrogens with two attached hydrogens (primary N) is 1. The normalized spacial score (nSPS) is 17.7. The quantitative estimate of drug-likeness (QED) is 0.639. The molecule has 5 heteroatoms. The molecular formula is C11H23N3O2. The summed E-state index contributed by atoms with van der Waals surface area (Å²) in [5.74, 6) is 0.723. The second-order valence-electron chi connectivity index (χ2n) is 4.39. The lowest BCUT2D eigenvalue weighted by molar-refractivity contribution is -0.122. The molecule has 16 heavy (non-hydrogen) atoms. The van der Waals surface area contributed by atoms with Gasteiger partial charge in [-0.1, -0.05) is 0 Å². The van der Waals surface area contributed by atoms with Crippen molar-refractivity contribution in [2.24, 2.45) is 11.7 Å². The van der Waals surface area contributed by atoms with E-state index in [1.54, 1.807) is 0 Å². The van der Waals surface area contributed by atoms with Crippen molar-refractivity contribution >= 4 is 5.91 Å². The lowest BCUT2D eigenvalue weighted by Crippen LogP contribution is -2.39. The van der Waals surface area contributed by atoms with Gasteiger partial charge in [0.25, 0.3) is 0 Å². The van der Waals surface area contributed by atoms with Crippen LogP contribution in [0.5, 0.6) is 0 Å². The zero-order valence-electron chi connectivity index (χ0n) is 10.1. The molecule has 1 saturated heterocycles. The number of amides is 1. The zero-order valence-corrected chi connectivity index (χ0v) is 10.1. The Hall–Kier alpha value is -0.650. The Kier molecular flexibility index (Phi) is 6.37. The molecule has 1 fully saturated rings. The molecule has 0 aromatic heterocycles. The van der Waals surface area contributed by atoms with Gasteiger partial charge in [-0.2, -0.15) is 0 Å². The van der Waals surface area contributed by atoms with E-state index in [-0.39, 0.29) is 5.91 Å². The maximum Gasteiger partial charge on any atom is 0.234 e. The third kappa shape index (κ3) is 5.44. The first-order chi connectivity index (χ1) is 7.72. The number of carbonyl (C=O) groups is 1. The van der Waals surface area contributed by atoms with Gasteiger partial charge in [-0.15, -0.1) is 0 Å². The number of nitrogens with one attached hydrogen (secondary N) is 1. The predicted octanol–water partition coefficient (Wildman–Crippen LogP) is -0.580. The van der Waals surface area contributed by atoms with E-state index in [1.165, 1.54) is 0 Å². The van der Waals surface area contributed by atoms with Crippen LogP contribution in [0.4, 0.5) is 0 Å². The first-order valence-electron chi connectivity index (χ1n) is 5.95. The Morgan fingerprint density at radius 2 is 2.19 bits per heavy atom. The van der Waals surface area contributed by atoms with Crippen molar-refractivity contribution in [3.63, 3.8) is 0 Å². The van der Waals surface area contributed by atoms with Crippen LogP contribution in [0.3, 0.4) is 0 Å². The fraction of sp³-hybridized carbons (Fsp3) is 0.909. The highest BCUT2D eigenvalue weighted by molar-refractivity contribution is 5.77. The maximum absolute atomic E-state index is 11.4. The number of ether oxygens (including phenoxy) is 1. The van der Waals surface area contributed by atoms with Crippen molar-refractivity contribution < 1.29 is 9.53 Å². The molecule has 0 aromatic carbocycles. The van der Waals surface area contributed by atoms with Crippen LogP contribution in [0.1, 0.15) is 12.8 Å². The number of hydrogen-bond acceptors (Lipinski definition) is 4. The fourth-order valence-corrected chi connectivity index (χ4v) is 1.95. The van der Waals surface area contributed by atoms with Crippen LogP contribution in [0.2, 0.25) is 0 Å². The van der Waals surface area contributed by atoms with Crippen molar-refractivity contribution in [3.8, 4) is 0 Å². The first kappa shape index (κ1) is 13.4. The molecule has 0 spiro atoms. The van der Waals surface area contributed by atoms with Crippen molar-refractivity contribution in [2.75, 3.05) is 46.4 Å². The van der Waals surface area contributed by atoms with Gasteiger partial charge in [0.15, 0.2) is 0 Å². The van der Waals surface area contributed by atoms with Gasteiger partial charge in [-0.05, 0) is 25.8 Å². The van der Waals surface area contributed by atoms with Crippen molar-refractivity contribution in [2.45, 2.75) is 12.8 Å². The summed E-state index contributed by atoms with van der Waals surface area (Å²) in [4.78, 5) is 13.5. The summed E-state index contributed by atoms with van der Waals surface area (Å²) < 4.78 is 5.30. The van der Waals surface area contributed by atoms with Crippen molar-refractivity contribution in [3.05, 3.63) is 0 Å². The van der Waals surface area contributed by atoms with Gasteiger partial charge in [0.05, 0.1) is 6.54 Å². The molecule has 0 radical (unpaired) electrons. The van der Waals surface area contributed by atoms with Crippen molar-refractivity contribution in [1.82, 2.24) is 10.2 Å². The average Bonchev–Trinajstić information content (AvgIpc) is 2.27. The largest absolute Gasteiger partial charge is 0.381 e. The molecule has 0 aromatic rings. The summed E-state index contributed by atoms with van der Waals surface area (Å²) in [5, 5.41) is 2.77. The van der Waals surface area contributed by atoms with E-state index in [0.717, 1.165) is 32.6 Å². The highest BCUT2D eigenvalue weighted by atomic mass is 16.5. The monoisotopic (exact) mass is 229 g/mol. The summed E-state index contributed by atoms with van der Waals surface area (Å²) in [7, 11) is 1.98. The minimum atomic E-state index is 0.0556. The SMILES string of the molecule is CN(CC(=O)NCCN)CC1CCOCC1. The summed E-state index contributed by atoms with van der Waals surface area (Å²) >= 11 is 0. The van der Waals surface area contributed by atoms with Crippen LogP contribution >= 0.6 is 0 Å². The molecule has 1 heterocycles. The molecule has 0 atom stereocenters. The molecular weight excluding hydrogens is 206 g/mol. The number of carbonyl (C=O) groups excluding carboxylic acids is 1. The molecule has 0 unspecified atom stereocenters. The van der Waals surface area contributed by atoms with Gasteiger partial charge >= 0.3 is 0 Å². The summed E-state index contributed by atoms with van der Waals surface area (Å²) in [5.41, 5.74) is 5.31. The molecule has 1 aliphatic heterocycles. The van der Waals surface area contributed by atoms with Gasteiger partial charge in [-0.25, -0.2) is 0 Å². The predicted molar refractivity (Wildman–Crippen MR) is 63.1 cm³/mol. The Labute approximate surface area is 97.3 Å². The Bertz CT molecular complexity index is 205. The highest BCUT2D eigenvalue weighted by Gasteiger charge is 2.16. The van der Waals surface area contributed by atoms with Gasteiger partial charge in [0, 0.05) is 32.8 Å². The van der Waals surface area contributed by atoms with Crippen LogP contribution in [-0.2, 0) is 9.53 Å². The third-order valence-electron chi connectivity index (χ3n) is 2.79. The van der Waals surface area contributed by atoms with E-state index >= 15 is 0 Å². The second kappa shape index (κ2) is 7.60. The standard InChI is InChI=1S/C11H23N3O2/c1-14(9-11(15)13-5-4-12)8-10-2-6-16-7-3-10/h10H,2-9,12H2,1H3,(H,13,15). The van der Waals surface area contributed by atoms with E-state index in [1.807, 2.05) is 7.05 Å². The maximum atomic E-state index is 11.4. The molecule has 0 bridgehead atoms. The molecule has 5 nitrogen and oxygen atoms in total. The number of hydrogen-bond donors (Lipinski definition) is 2. The molecule has 1 aliphatic rings. The lowest BCUT2D eigenvalue weighted by Gasteiger charge is -2.26. The minimum absolute atomic E-state index is 0.0556. The second-order valence-corrected chi connectivity index (χ2v) is 4.39. The van der Waals surface area contributed by atoms with Gasteiger partial charge in [-0.3, -0.25) is 9.69 Å². The van der Waals surface area contributed by atoms with Gasteiger partial charge in [0.2, 0.25) is 5.91 Å². The smallest absolute Gasteiger partial charge is 0.234 e. The summed E-state index contributed by atoms with van der Waals surface area (Å²) in [6.07, 6.45) is 2.21. The van der Waals surface area contributed by atoms with Crippen LogP contribution < -0.4 is 11.1 Å². The Morgan fingerprint density at radius 1 is 1.50 bits per heavy atom. The van der Waals surface area contributed by atoms with E-state index in [2.05, 4.69) is 10.2 Å². The third-order valence-corrected chi connectivity index (χ3v) is 2.79. The zero-order chi connectivity index (χ0) is 11.8. The molecule has 94 valence electrons. The summed E-state index contributed by atoms with van der Waals surface area (Å²) in [6, 6.07) is 0. The Morgan fingerprint density at radius 3 is 2.81 bits per heavy atom. The average molecular weight is 229 g/mol. The van der Waals surface area contributed by atoms with E-state index in [0.29, 0.717) is 25.6 Å². The van der Waals surface area contributed by atoms with Crippen LogP contribution in [0.15, 0.2) is 0 Å². The molecule has 1 rings (SSSR count). The topological polar surface area (TPSA) is 67.6 Å². The van der Waals surface area contributed by atoms with Crippen molar-refractivity contribution in [1.29, 1.82) is 0 Å².